The summed E-state index contributed by atoms with van der Waals surface area (Å²) < 4.78 is 18.7. The fourth-order valence-electron chi connectivity index (χ4n) is 9.82. The highest BCUT2D eigenvalue weighted by molar-refractivity contribution is 6.06. The Morgan fingerprint density at radius 2 is 1.58 bits per heavy atom. The van der Waals surface area contributed by atoms with E-state index in [4.69, 9.17) is 14.2 Å². The van der Waals surface area contributed by atoms with E-state index in [1.54, 1.807) is 0 Å². The maximum Gasteiger partial charge on any atom is 0.408 e. The molecular formula is C47H53N3O7. The van der Waals surface area contributed by atoms with Crippen LogP contribution in [0.15, 0.2) is 103 Å². The Bertz CT molecular complexity index is 2070. The highest BCUT2D eigenvalue weighted by Crippen LogP contribution is 2.53. The van der Waals surface area contributed by atoms with Gasteiger partial charge in [0.2, 0.25) is 5.91 Å². The number of benzene rings is 4. The van der Waals surface area contributed by atoms with Crippen LogP contribution in [0.5, 0.6) is 0 Å². The molecule has 6 atom stereocenters. The summed E-state index contributed by atoms with van der Waals surface area (Å²) in [7, 11) is 0. The number of carbonyl (C=O) groups is 3. The zero-order valence-electron chi connectivity index (χ0n) is 33.1. The standard InChI is InChI=1S/C47H53N3O7/c1-46(2)23-38-24-47(3,29-46)30-49(38)26-39-21-41(35-14-12-31(27-51)13-15-35)57-44(56-39)36-18-16-34(17-19-36)37-11-7-10-33(20-37)25-50-42(52)22-40(43(50)53)48-45(54)55-28-32-8-5-4-6-9-32/h4-20,38-41,44,51H,21-30H2,1-3H3,(H,48,54)/t38?,39-,40?,41+,44+,47?/m1/s1. The number of aliphatic hydroxyl groups is 1. The second kappa shape index (κ2) is 16.2. The Hall–Kier alpha value is -4.87. The van der Waals surface area contributed by atoms with Crippen molar-refractivity contribution in [3.63, 3.8) is 0 Å². The number of aliphatic hydroxyl groups excluding tert-OH is 1. The van der Waals surface area contributed by atoms with Gasteiger partial charge in [0.25, 0.3) is 5.91 Å². The lowest BCUT2D eigenvalue weighted by molar-refractivity contribution is -0.253. The van der Waals surface area contributed by atoms with Crippen molar-refractivity contribution in [3.05, 3.63) is 131 Å². The number of hydrogen-bond acceptors (Lipinski definition) is 8. The van der Waals surface area contributed by atoms with Gasteiger partial charge in [-0.25, -0.2) is 4.79 Å². The van der Waals surface area contributed by atoms with E-state index in [0.29, 0.717) is 16.9 Å². The van der Waals surface area contributed by atoms with Crippen molar-refractivity contribution in [3.8, 4) is 11.1 Å². The fraction of sp³-hybridized carbons (Fsp3) is 0.426. The maximum atomic E-state index is 13.2. The highest BCUT2D eigenvalue weighted by Gasteiger charge is 2.50. The van der Waals surface area contributed by atoms with Crippen LogP contribution in [0.4, 0.5) is 4.79 Å². The number of fused-ring (bicyclic) bond motifs is 2. The molecule has 10 nitrogen and oxygen atoms in total. The molecule has 3 unspecified atom stereocenters. The molecule has 4 aliphatic rings. The molecule has 10 heteroatoms. The third-order valence-corrected chi connectivity index (χ3v) is 12.1. The molecule has 0 aromatic heterocycles. The third-order valence-electron chi connectivity index (χ3n) is 12.1. The smallest absolute Gasteiger partial charge is 0.408 e. The van der Waals surface area contributed by atoms with Crippen molar-refractivity contribution >= 4 is 17.9 Å². The van der Waals surface area contributed by atoms with Crippen LogP contribution in [0.2, 0.25) is 0 Å². The zero-order valence-corrected chi connectivity index (χ0v) is 33.1. The van der Waals surface area contributed by atoms with Crippen LogP contribution in [0.1, 0.15) is 93.1 Å². The summed E-state index contributed by atoms with van der Waals surface area (Å²) >= 11 is 0. The molecule has 4 aromatic carbocycles. The van der Waals surface area contributed by atoms with Crippen molar-refractivity contribution in [2.24, 2.45) is 10.8 Å². The van der Waals surface area contributed by atoms with Gasteiger partial charge in [-0.1, -0.05) is 118 Å². The van der Waals surface area contributed by atoms with Crippen LogP contribution in [0.3, 0.4) is 0 Å². The summed E-state index contributed by atoms with van der Waals surface area (Å²) in [5, 5.41) is 12.2. The van der Waals surface area contributed by atoms with E-state index in [2.05, 4.69) is 55.3 Å². The van der Waals surface area contributed by atoms with Gasteiger partial charge >= 0.3 is 6.09 Å². The van der Waals surface area contributed by atoms with Crippen LogP contribution in [0, 0.1) is 10.8 Å². The van der Waals surface area contributed by atoms with Crippen LogP contribution >= 0.6 is 0 Å². The number of carbonyl (C=O) groups excluding carboxylic acids is 3. The summed E-state index contributed by atoms with van der Waals surface area (Å²) in [6, 6.07) is 32.9. The molecule has 8 rings (SSSR count). The largest absolute Gasteiger partial charge is 0.445 e. The minimum atomic E-state index is -0.967. The van der Waals surface area contributed by atoms with Crippen molar-refractivity contribution in [2.45, 2.75) is 103 Å². The quantitative estimate of drug-likeness (QED) is 0.148. The lowest BCUT2D eigenvalue weighted by Gasteiger charge is -2.41. The van der Waals surface area contributed by atoms with E-state index in [-0.39, 0.29) is 44.3 Å². The second-order valence-electron chi connectivity index (χ2n) is 17.6. The van der Waals surface area contributed by atoms with Gasteiger partial charge in [0, 0.05) is 31.1 Å². The number of amides is 3. The first-order valence-electron chi connectivity index (χ1n) is 20.2. The number of likely N-dealkylation sites (tertiary alicyclic amines) is 2. The molecule has 4 aromatic rings. The highest BCUT2D eigenvalue weighted by atomic mass is 16.7. The molecule has 0 radical (unpaired) electrons. The average Bonchev–Trinajstić information content (AvgIpc) is 3.60. The van der Waals surface area contributed by atoms with Gasteiger partial charge in [-0.3, -0.25) is 19.4 Å². The van der Waals surface area contributed by atoms with Gasteiger partial charge < -0.3 is 24.6 Å². The SMILES string of the molecule is CC1(C)CC2CC(C)(CN2C[C@H]2C[C@@H](c3ccc(CO)cc3)O[C@@H](c3ccc(-c4cccc(CN5C(=O)CC(NC(=O)OCc6ccccc6)C5=O)c4)cc3)O2)C1. The minimum Gasteiger partial charge on any atom is -0.445 e. The van der Waals surface area contributed by atoms with Crippen molar-refractivity contribution in [1.82, 2.24) is 15.1 Å². The molecule has 4 fully saturated rings. The van der Waals surface area contributed by atoms with E-state index < -0.39 is 24.3 Å². The molecule has 0 spiro atoms. The lowest BCUT2D eigenvalue weighted by atomic mass is 9.65. The van der Waals surface area contributed by atoms with E-state index in [0.717, 1.165) is 58.5 Å². The molecule has 2 N–H and O–H groups in total. The fourth-order valence-corrected chi connectivity index (χ4v) is 9.82. The van der Waals surface area contributed by atoms with Gasteiger partial charge in [0.15, 0.2) is 6.29 Å². The van der Waals surface area contributed by atoms with Crippen LogP contribution in [0.25, 0.3) is 11.1 Å². The zero-order chi connectivity index (χ0) is 39.7. The summed E-state index contributed by atoms with van der Waals surface area (Å²) in [5.41, 5.74) is 7.09. The molecule has 3 aliphatic heterocycles. The molecule has 1 saturated carbocycles. The Balaban J connectivity index is 0.931. The number of hydrogen-bond donors (Lipinski definition) is 2. The summed E-state index contributed by atoms with van der Waals surface area (Å²) in [6.45, 7) is 9.39. The molecule has 298 valence electrons. The van der Waals surface area contributed by atoms with Crippen molar-refractivity contribution < 1.29 is 33.7 Å². The van der Waals surface area contributed by atoms with E-state index >= 15 is 0 Å². The Morgan fingerprint density at radius 3 is 2.33 bits per heavy atom. The van der Waals surface area contributed by atoms with Crippen molar-refractivity contribution in [1.29, 1.82) is 0 Å². The molecule has 3 amide bonds. The maximum absolute atomic E-state index is 13.2. The third kappa shape index (κ3) is 9.00. The first kappa shape index (κ1) is 39.0. The second-order valence-corrected chi connectivity index (χ2v) is 17.6. The van der Waals surface area contributed by atoms with E-state index in [1.165, 1.54) is 24.2 Å². The van der Waals surface area contributed by atoms with Crippen LogP contribution in [-0.2, 0) is 43.6 Å². The van der Waals surface area contributed by atoms with Gasteiger partial charge in [-0.2, -0.15) is 0 Å². The summed E-state index contributed by atoms with van der Waals surface area (Å²) in [4.78, 5) is 42.4. The number of rotatable bonds is 11. The number of alkyl carbamates (subject to hydrolysis) is 1. The van der Waals surface area contributed by atoms with E-state index in [9.17, 15) is 19.5 Å². The predicted molar refractivity (Wildman–Crippen MR) is 215 cm³/mol. The first-order valence-corrected chi connectivity index (χ1v) is 20.2. The minimum absolute atomic E-state index is 0.00124. The molecule has 3 saturated heterocycles. The molecule has 2 bridgehead atoms. The van der Waals surface area contributed by atoms with Gasteiger partial charge in [-0.05, 0) is 69.5 Å². The normalized spacial score (nSPS) is 27.1. The molecule has 57 heavy (non-hydrogen) atoms. The number of ether oxygens (including phenoxy) is 3. The Morgan fingerprint density at radius 1 is 0.842 bits per heavy atom. The Labute approximate surface area is 335 Å². The number of nitrogens with zero attached hydrogens (tertiary/aromatic N) is 2. The molecular weight excluding hydrogens is 719 g/mol. The van der Waals surface area contributed by atoms with Crippen molar-refractivity contribution in [2.75, 3.05) is 13.1 Å². The lowest BCUT2D eigenvalue weighted by Crippen LogP contribution is -2.42. The van der Waals surface area contributed by atoms with Crippen LogP contribution < -0.4 is 5.32 Å². The number of nitrogens with one attached hydrogen (secondary N) is 1. The van der Waals surface area contributed by atoms with Gasteiger partial charge in [0.1, 0.15) is 12.6 Å². The molecule has 3 heterocycles. The first-order chi connectivity index (χ1) is 27.4. The Kier molecular flexibility index (Phi) is 11.1. The molecule has 1 aliphatic carbocycles. The topological polar surface area (TPSA) is 118 Å². The van der Waals surface area contributed by atoms with E-state index in [1.807, 2.05) is 78.9 Å². The van der Waals surface area contributed by atoms with Gasteiger partial charge in [0.05, 0.1) is 31.8 Å². The summed E-state index contributed by atoms with van der Waals surface area (Å²) in [5.74, 6) is -0.798. The number of imide groups is 1. The van der Waals surface area contributed by atoms with Gasteiger partial charge in [-0.15, -0.1) is 0 Å². The predicted octanol–water partition coefficient (Wildman–Crippen LogP) is 7.85. The monoisotopic (exact) mass is 771 g/mol. The van der Waals surface area contributed by atoms with Crippen LogP contribution in [-0.4, -0.2) is 64.1 Å². The summed E-state index contributed by atoms with van der Waals surface area (Å²) in [6.07, 6.45) is 2.88. The average molecular weight is 772 g/mol.